The molecule has 0 saturated heterocycles. The number of aromatic nitrogens is 1. The molecule has 2 heterocycles. The van der Waals surface area contributed by atoms with E-state index in [0.29, 0.717) is 0 Å². The van der Waals surface area contributed by atoms with Crippen molar-refractivity contribution in [3.63, 3.8) is 0 Å². The second-order valence-corrected chi connectivity index (χ2v) is 20.3. The maximum atomic E-state index is 4.91. The van der Waals surface area contributed by atoms with Crippen molar-refractivity contribution in [3.8, 4) is 66.8 Å². The van der Waals surface area contributed by atoms with E-state index in [1.54, 1.807) is 0 Å². The molecule has 0 unspecified atom stereocenters. The highest BCUT2D eigenvalue weighted by molar-refractivity contribution is 6.23. The molecule has 0 fully saturated rings. The van der Waals surface area contributed by atoms with Gasteiger partial charge in [0.05, 0.1) is 11.4 Å². The van der Waals surface area contributed by atoms with Crippen molar-refractivity contribution >= 4 is 27.2 Å². The van der Waals surface area contributed by atoms with Gasteiger partial charge in [0.1, 0.15) is 0 Å². The lowest BCUT2D eigenvalue weighted by molar-refractivity contribution is 0.660. The molecule has 13 rings (SSSR count). The highest BCUT2D eigenvalue weighted by Crippen LogP contribution is 2.56. The molecule has 0 saturated carbocycles. The minimum atomic E-state index is -0.237. The minimum absolute atomic E-state index is 0.109. The number of hydrogen-bond acceptors (Lipinski definition) is 2. The van der Waals surface area contributed by atoms with E-state index < -0.39 is 0 Å². The Hall–Kier alpha value is -7.29. The van der Waals surface area contributed by atoms with Crippen molar-refractivity contribution in [2.75, 3.05) is 6.54 Å². The standard InChI is InChI=1S/C63H50N2/c1-61(2)51-19-11-9-15-41(51)43-27-23-38(32-54(43)61)59-46-17-7-8-18-47(46)60(39-24-28-44-42-16-10-12-20-52(42)62(3,4)55(44)33-39)50-35-56-48(34-49(50)59)45-26-22-37(31-53(45)63(56,5)6)40-25-29-58(65-36-40)57-21-13-14-30-64-57/h7-29,31-36,64H,30H2,1-6H3. The molecule has 3 aliphatic carbocycles. The van der Waals surface area contributed by atoms with Crippen molar-refractivity contribution in [3.05, 3.63) is 215 Å². The Bertz CT molecular complexity index is 3610. The molecule has 0 radical (unpaired) electrons. The van der Waals surface area contributed by atoms with E-state index >= 15 is 0 Å². The third-order valence-electron chi connectivity index (χ3n) is 15.7. The second-order valence-electron chi connectivity index (χ2n) is 20.3. The molecule has 65 heavy (non-hydrogen) atoms. The quantitative estimate of drug-likeness (QED) is 0.179. The van der Waals surface area contributed by atoms with Crippen LogP contribution in [0.25, 0.3) is 94.0 Å². The van der Waals surface area contributed by atoms with E-state index in [1.807, 2.05) is 6.20 Å². The Morgan fingerprint density at radius 1 is 0.400 bits per heavy atom. The lowest BCUT2D eigenvalue weighted by atomic mass is 9.77. The summed E-state index contributed by atoms with van der Waals surface area (Å²) >= 11 is 0. The van der Waals surface area contributed by atoms with E-state index in [1.165, 1.54) is 116 Å². The number of fused-ring (bicyclic) bond motifs is 11. The highest BCUT2D eigenvalue weighted by atomic mass is 14.9. The monoisotopic (exact) mass is 834 g/mol. The zero-order valence-corrected chi connectivity index (χ0v) is 37.9. The molecular weight excluding hydrogens is 785 g/mol. The molecule has 1 N–H and O–H groups in total. The third kappa shape index (κ3) is 5.31. The van der Waals surface area contributed by atoms with Crippen molar-refractivity contribution in [1.82, 2.24) is 10.3 Å². The van der Waals surface area contributed by atoms with E-state index in [2.05, 4.69) is 217 Å². The molecule has 2 nitrogen and oxygen atoms in total. The Balaban J connectivity index is 1.05. The lowest BCUT2D eigenvalue weighted by Crippen LogP contribution is -2.15. The third-order valence-corrected chi connectivity index (χ3v) is 15.7. The fourth-order valence-corrected chi connectivity index (χ4v) is 12.3. The molecule has 0 bridgehead atoms. The highest BCUT2D eigenvalue weighted by Gasteiger charge is 2.39. The first-order valence-corrected chi connectivity index (χ1v) is 23.2. The van der Waals surface area contributed by atoms with E-state index in [4.69, 9.17) is 4.98 Å². The van der Waals surface area contributed by atoms with Crippen LogP contribution in [0, 0.1) is 0 Å². The van der Waals surface area contributed by atoms with Gasteiger partial charge in [0.25, 0.3) is 0 Å². The first-order valence-electron chi connectivity index (χ1n) is 23.2. The van der Waals surface area contributed by atoms with Gasteiger partial charge in [-0.15, -0.1) is 0 Å². The summed E-state index contributed by atoms with van der Waals surface area (Å²) in [6.45, 7) is 15.2. The van der Waals surface area contributed by atoms with Crippen LogP contribution in [0.15, 0.2) is 176 Å². The summed E-state index contributed by atoms with van der Waals surface area (Å²) in [5, 5.41) is 8.61. The van der Waals surface area contributed by atoms with Gasteiger partial charge in [-0.2, -0.15) is 0 Å². The lowest BCUT2D eigenvalue weighted by Gasteiger charge is -2.25. The average Bonchev–Trinajstić information content (AvgIpc) is 3.81. The zero-order valence-electron chi connectivity index (χ0n) is 37.9. The van der Waals surface area contributed by atoms with Crippen LogP contribution >= 0.6 is 0 Å². The topological polar surface area (TPSA) is 24.9 Å². The van der Waals surface area contributed by atoms with Crippen LogP contribution in [0.4, 0.5) is 0 Å². The molecule has 0 atom stereocenters. The Labute approximate surface area is 382 Å². The largest absolute Gasteiger partial charge is 0.380 e. The first-order chi connectivity index (χ1) is 31.5. The summed E-state index contributed by atoms with van der Waals surface area (Å²) in [5.74, 6) is 0. The van der Waals surface area contributed by atoms with Gasteiger partial charge < -0.3 is 5.32 Å². The van der Waals surface area contributed by atoms with Gasteiger partial charge in [-0.05, 0) is 159 Å². The molecule has 1 aliphatic heterocycles. The second kappa shape index (κ2) is 13.4. The summed E-state index contributed by atoms with van der Waals surface area (Å²) in [7, 11) is 0. The number of nitrogens with one attached hydrogen (secondary N) is 1. The summed E-state index contributed by atoms with van der Waals surface area (Å²) in [6, 6.07) is 58.3. The predicted octanol–water partition coefficient (Wildman–Crippen LogP) is 15.8. The van der Waals surface area contributed by atoms with E-state index in [-0.39, 0.29) is 16.2 Å². The number of dihydropyridines is 1. The van der Waals surface area contributed by atoms with Crippen molar-refractivity contribution < 1.29 is 0 Å². The maximum absolute atomic E-state index is 4.91. The summed E-state index contributed by atoms with van der Waals surface area (Å²) in [4.78, 5) is 4.91. The number of rotatable bonds is 4. The van der Waals surface area contributed by atoms with Crippen molar-refractivity contribution in [2.45, 2.75) is 57.8 Å². The van der Waals surface area contributed by atoms with Gasteiger partial charge in [0.15, 0.2) is 0 Å². The van der Waals surface area contributed by atoms with Crippen LogP contribution in [-0.4, -0.2) is 11.5 Å². The molecule has 2 heteroatoms. The van der Waals surface area contributed by atoms with Gasteiger partial charge >= 0.3 is 0 Å². The Kier molecular flexibility index (Phi) is 7.86. The number of nitrogens with zero attached hydrogens (tertiary/aromatic N) is 1. The molecule has 0 spiro atoms. The summed E-state index contributed by atoms with van der Waals surface area (Å²) in [5.41, 5.74) is 25.4. The zero-order chi connectivity index (χ0) is 44.0. The maximum Gasteiger partial charge on any atom is 0.0861 e. The molecule has 312 valence electrons. The fraction of sp³-hybridized carbons (Fsp3) is 0.159. The molecule has 0 amide bonds. The number of pyridine rings is 1. The summed E-state index contributed by atoms with van der Waals surface area (Å²) in [6.07, 6.45) is 8.34. The number of hydrogen-bond donors (Lipinski definition) is 1. The smallest absolute Gasteiger partial charge is 0.0861 e. The van der Waals surface area contributed by atoms with Gasteiger partial charge in [0, 0.05) is 34.6 Å². The normalized spacial score (nSPS) is 16.3. The van der Waals surface area contributed by atoms with Crippen LogP contribution < -0.4 is 5.32 Å². The fourth-order valence-electron chi connectivity index (χ4n) is 12.3. The van der Waals surface area contributed by atoms with Crippen molar-refractivity contribution in [2.24, 2.45) is 0 Å². The number of allylic oxidation sites excluding steroid dienone is 2. The average molecular weight is 835 g/mol. The van der Waals surface area contributed by atoms with Gasteiger partial charge in [-0.25, -0.2) is 0 Å². The molecule has 9 aromatic rings. The van der Waals surface area contributed by atoms with Crippen LogP contribution in [0.3, 0.4) is 0 Å². The van der Waals surface area contributed by atoms with Crippen LogP contribution in [0.1, 0.15) is 80.6 Å². The molecule has 1 aromatic heterocycles. The number of benzene rings is 8. The molecule has 4 aliphatic rings. The van der Waals surface area contributed by atoms with E-state index in [9.17, 15) is 0 Å². The first kappa shape index (κ1) is 38.2. The Morgan fingerprint density at radius 3 is 1.42 bits per heavy atom. The van der Waals surface area contributed by atoms with Gasteiger partial charge in [-0.1, -0.05) is 169 Å². The van der Waals surface area contributed by atoms with Crippen LogP contribution in [-0.2, 0) is 16.2 Å². The minimum Gasteiger partial charge on any atom is -0.380 e. The molecule has 8 aromatic carbocycles. The SMILES string of the molecule is CC1(C)c2ccccc2-c2ccc(-c3c4ccccc4c(-c4ccc5c(c4)C(C)(C)c4ccccc4-5)c4cc5c(cc34)-c3ccc(-c4ccc(C6=CC=CCN6)nc4)cc3C5(C)C)cc21. The van der Waals surface area contributed by atoms with Gasteiger partial charge in [-0.3, -0.25) is 4.98 Å². The van der Waals surface area contributed by atoms with Crippen LogP contribution in [0.5, 0.6) is 0 Å². The summed E-state index contributed by atoms with van der Waals surface area (Å²) < 4.78 is 0. The van der Waals surface area contributed by atoms with E-state index in [0.717, 1.165) is 23.5 Å². The molecular formula is C63H50N2. The van der Waals surface area contributed by atoms with Crippen LogP contribution in [0.2, 0.25) is 0 Å². The van der Waals surface area contributed by atoms with Gasteiger partial charge in [0.2, 0.25) is 0 Å². The van der Waals surface area contributed by atoms with Crippen molar-refractivity contribution in [1.29, 1.82) is 0 Å². The predicted molar refractivity (Wildman–Crippen MR) is 273 cm³/mol. The Morgan fingerprint density at radius 2 is 0.862 bits per heavy atom.